The van der Waals surface area contributed by atoms with Crippen LogP contribution in [0.1, 0.15) is 25.0 Å². The Labute approximate surface area is 189 Å². The first-order chi connectivity index (χ1) is 14.9. The van der Waals surface area contributed by atoms with E-state index in [0.29, 0.717) is 37.0 Å². The lowest BCUT2D eigenvalue weighted by Crippen LogP contribution is -2.32. The summed E-state index contributed by atoms with van der Waals surface area (Å²) in [4.78, 5) is 16.5. The van der Waals surface area contributed by atoms with Gasteiger partial charge in [0.15, 0.2) is 16.6 Å². The van der Waals surface area contributed by atoms with Gasteiger partial charge in [0.2, 0.25) is 0 Å². The highest BCUT2D eigenvalue weighted by Crippen LogP contribution is 2.29. The van der Waals surface area contributed by atoms with Crippen molar-refractivity contribution in [2.75, 3.05) is 38.8 Å². The van der Waals surface area contributed by atoms with Crippen molar-refractivity contribution in [2.45, 2.75) is 20.3 Å². The molecule has 31 heavy (non-hydrogen) atoms. The molecular formula is C24H29N3O3S. The van der Waals surface area contributed by atoms with Gasteiger partial charge in [-0.3, -0.25) is 9.69 Å². The number of benzene rings is 2. The van der Waals surface area contributed by atoms with Crippen molar-refractivity contribution < 1.29 is 14.3 Å². The normalized spacial score (nSPS) is 14.7. The maximum Gasteiger partial charge on any atom is 0.276 e. The third-order valence-corrected chi connectivity index (χ3v) is 5.24. The van der Waals surface area contributed by atoms with E-state index in [-0.39, 0.29) is 5.91 Å². The van der Waals surface area contributed by atoms with E-state index in [9.17, 15) is 4.79 Å². The van der Waals surface area contributed by atoms with Gasteiger partial charge in [-0.1, -0.05) is 18.2 Å². The van der Waals surface area contributed by atoms with Gasteiger partial charge in [0.25, 0.3) is 5.91 Å². The monoisotopic (exact) mass is 439 g/mol. The van der Waals surface area contributed by atoms with E-state index in [1.165, 1.54) is 0 Å². The summed E-state index contributed by atoms with van der Waals surface area (Å²) in [5.41, 5.74) is 3.59. The molecule has 0 radical (unpaired) electrons. The first kappa shape index (κ1) is 22.6. The summed E-state index contributed by atoms with van der Waals surface area (Å²) < 4.78 is 11.3. The summed E-state index contributed by atoms with van der Waals surface area (Å²) in [6, 6.07) is 13.9. The van der Waals surface area contributed by atoms with Crippen molar-refractivity contribution >= 4 is 35.0 Å². The average Bonchev–Trinajstić information content (AvgIpc) is 3.01. The molecule has 1 amide bonds. The Bertz CT molecular complexity index is 971. The van der Waals surface area contributed by atoms with Crippen LogP contribution in [0.5, 0.6) is 11.5 Å². The summed E-state index contributed by atoms with van der Waals surface area (Å²) >= 11 is 5.41. The fourth-order valence-corrected chi connectivity index (χ4v) is 3.59. The van der Waals surface area contributed by atoms with Crippen molar-refractivity contribution in [2.24, 2.45) is 0 Å². The lowest BCUT2D eigenvalue weighted by molar-refractivity contribution is -0.122. The molecule has 1 aliphatic heterocycles. The number of thiocarbonyl (C=S) groups is 1. The first-order valence-electron chi connectivity index (χ1n) is 10.4. The zero-order chi connectivity index (χ0) is 22.4. The number of nitrogens with zero attached hydrogens (tertiary/aromatic N) is 2. The number of amides is 1. The average molecular weight is 440 g/mol. The number of nitrogens with one attached hydrogen (secondary N) is 1. The van der Waals surface area contributed by atoms with E-state index >= 15 is 0 Å². The molecule has 0 atom stereocenters. The van der Waals surface area contributed by atoms with Crippen LogP contribution in [0, 0.1) is 0 Å². The van der Waals surface area contributed by atoms with E-state index in [2.05, 4.69) is 5.32 Å². The molecule has 1 fully saturated rings. The second-order valence-electron chi connectivity index (χ2n) is 7.33. The molecule has 0 bridgehead atoms. The number of rotatable bonds is 9. The number of carbonyl (C=O) groups excluding carboxylic acids is 1. The van der Waals surface area contributed by atoms with Crippen LogP contribution in [0.2, 0.25) is 0 Å². The molecule has 164 valence electrons. The van der Waals surface area contributed by atoms with Crippen molar-refractivity contribution in [3.63, 3.8) is 0 Å². The molecule has 6 nitrogen and oxygen atoms in total. The minimum atomic E-state index is -0.113. The summed E-state index contributed by atoms with van der Waals surface area (Å²) in [7, 11) is 3.99. The van der Waals surface area contributed by atoms with Gasteiger partial charge in [-0.25, -0.2) is 0 Å². The Kier molecular flexibility index (Phi) is 7.52. The second-order valence-corrected chi connectivity index (χ2v) is 7.71. The van der Waals surface area contributed by atoms with Crippen molar-refractivity contribution in [3.8, 4) is 11.5 Å². The lowest BCUT2D eigenvalue weighted by Gasteiger charge is -2.16. The Morgan fingerprint density at radius 3 is 2.35 bits per heavy atom. The summed E-state index contributed by atoms with van der Waals surface area (Å²) in [5, 5.41) is 3.48. The zero-order valence-electron chi connectivity index (χ0n) is 18.5. The van der Waals surface area contributed by atoms with E-state index in [1.807, 2.05) is 81.4 Å². The Morgan fingerprint density at radius 2 is 1.71 bits per heavy atom. The van der Waals surface area contributed by atoms with E-state index in [0.717, 1.165) is 28.3 Å². The fraction of sp³-hybridized carbons (Fsp3) is 0.333. The zero-order valence-corrected chi connectivity index (χ0v) is 19.3. The smallest absolute Gasteiger partial charge is 0.276 e. The molecule has 0 aliphatic carbocycles. The minimum Gasteiger partial charge on any atom is -0.490 e. The van der Waals surface area contributed by atoms with Crippen molar-refractivity contribution in [3.05, 3.63) is 59.3 Å². The minimum absolute atomic E-state index is 0.113. The molecule has 3 rings (SSSR count). The molecule has 1 aliphatic rings. The predicted molar refractivity (Wildman–Crippen MR) is 129 cm³/mol. The van der Waals surface area contributed by atoms with Gasteiger partial charge < -0.3 is 19.7 Å². The van der Waals surface area contributed by atoms with Crippen LogP contribution >= 0.6 is 12.2 Å². The molecule has 2 aromatic rings. The van der Waals surface area contributed by atoms with Crippen LogP contribution in [0.3, 0.4) is 0 Å². The molecule has 1 heterocycles. The standard InChI is InChI=1S/C24H29N3O3S/c1-5-29-21-12-9-18(16-22(21)30-6-2)13-14-27-23(28)20(25-24(27)31)15-17-7-10-19(11-8-17)26(3)4/h7-12,15-16H,5-6,13-14H2,1-4H3,(H,25,31)/b20-15+. The second kappa shape index (κ2) is 10.3. The molecule has 1 N–H and O–H groups in total. The lowest BCUT2D eigenvalue weighted by atomic mass is 10.1. The summed E-state index contributed by atoms with van der Waals surface area (Å²) in [5.74, 6) is 1.34. The largest absolute Gasteiger partial charge is 0.490 e. The quantitative estimate of drug-likeness (QED) is 0.473. The molecule has 0 saturated carbocycles. The topological polar surface area (TPSA) is 54.0 Å². The fourth-order valence-electron chi connectivity index (χ4n) is 3.30. The van der Waals surface area contributed by atoms with Crippen LogP contribution in [0.15, 0.2) is 48.2 Å². The van der Waals surface area contributed by atoms with Crippen LogP contribution in [-0.2, 0) is 11.2 Å². The number of ether oxygens (including phenoxy) is 2. The SMILES string of the molecule is CCOc1ccc(CCN2C(=O)/C(=C\c3ccc(N(C)C)cc3)NC2=S)cc1OCC. The van der Waals surface area contributed by atoms with Gasteiger partial charge in [0.05, 0.1) is 13.2 Å². The molecule has 7 heteroatoms. The highest BCUT2D eigenvalue weighted by Gasteiger charge is 2.30. The molecule has 2 aromatic carbocycles. The van der Waals surface area contributed by atoms with Gasteiger partial charge in [0, 0.05) is 26.3 Å². The van der Waals surface area contributed by atoms with Crippen LogP contribution < -0.4 is 19.7 Å². The van der Waals surface area contributed by atoms with Crippen molar-refractivity contribution in [1.82, 2.24) is 10.2 Å². The molecule has 0 unspecified atom stereocenters. The first-order valence-corrected chi connectivity index (χ1v) is 10.8. The van der Waals surface area contributed by atoms with Crippen LogP contribution in [0.4, 0.5) is 5.69 Å². The van der Waals surface area contributed by atoms with Gasteiger partial charge >= 0.3 is 0 Å². The Hall–Kier alpha value is -3.06. The molecule has 0 aromatic heterocycles. The van der Waals surface area contributed by atoms with Gasteiger partial charge in [-0.2, -0.15) is 0 Å². The third-order valence-electron chi connectivity index (χ3n) is 4.91. The van der Waals surface area contributed by atoms with Crippen molar-refractivity contribution in [1.29, 1.82) is 0 Å². The van der Waals surface area contributed by atoms with E-state index in [1.54, 1.807) is 4.90 Å². The number of anilines is 1. The predicted octanol–water partition coefficient (Wildman–Crippen LogP) is 3.85. The maximum absolute atomic E-state index is 12.9. The van der Waals surface area contributed by atoms with Crippen LogP contribution in [-0.4, -0.2) is 49.8 Å². The van der Waals surface area contributed by atoms with E-state index < -0.39 is 0 Å². The third kappa shape index (κ3) is 5.55. The maximum atomic E-state index is 12.9. The Balaban J connectivity index is 1.68. The Morgan fingerprint density at radius 1 is 1.03 bits per heavy atom. The highest BCUT2D eigenvalue weighted by atomic mass is 32.1. The van der Waals surface area contributed by atoms with Gasteiger partial charge in [0.1, 0.15) is 5.70 Å². The van der Waals surface area contributed by atoms with Gasteiger partial charge in [-0.05, 0) is 74.0 Å². The number of hydrogen-bond acceptors (Lipinski definition) is 5. The summed E-state index contributed by atoms with van der Waals surface area (Å²) in [6.45, 7) is 5.51. The van der Waals surface area contributed by atoms with Crippen LogP contribution in [0.25, 0.3) is 6.08 Å². The molecular weight excluding hydrogens is 410 g/mol. The summed E-state index contributed by atoms with van der Waals surface area (Å²) in [6.07, 6.45) is 2.49. The van der Waals surface area contributed by atoms with E-state index in [4.69, 9.17) is 21.7 Å². The van der Waals surface area contributed by atoms with Gasteiger partial charge in [-0.15, -0.1) is 0 Å². The number of carbonyl (C=O) groups is 1. The highest BCUT2D eigenvalue weighted by molar-refractivity contribution is 7.80. The molecule has 0 spiro atoms. The molecule has 1 saturated heterocycles. The number of hydrogen-bond donors (Lipinski definition) is 1.